The summed E-state index contributed by atoms with van der Waals surface area (Å²) in [5, 5.41) is 2.62. The Kier molecular flexibility index (Phi) is 5.80. The van der Waals surface area contributed by atoms with Crippen LogP contribution in [-0.2, 0) is 17.9 Å². The molecule has 2 heterocycles. The number of ether oxygens (including phenoxy) is 1. The van der Waals surface area contributed by atoms with Gasteiger partial charge in [-0.15, -0.1) is 0 Å². The summed E-state index contributed by atoms with van der Waals surface area (Å²) >= 11 is 0. The van der Waals surface area contributed by atoms with Crippen molar-refractivity contribution < 1.29 is 13.9 Å². The zero-order valence-corrected chi connectivity index (χ0v) is 17.1. The maximum Gasteiger partial charge on any atom is 0.332 e. The molecule has 32 heavy (non-hydrogen) atoms. The highest BCUT2D eigenvalue weighted by Gasteiger charge is 2.16. The van der Waals surface area contributed by atoms with E-state index in [9.17, 15) is 18.8 Å². The van der Waals surface area contributed by atoms with Crippen LogP contribution in [0.5, 0.6) is 5.75 Å². The van der Waals surface area contributed by atoms with Gasteiger partial charge in [-0.2, -0.15) is 0 Å². The molecule has 0 atom stereocenters. The molecule has 2 aromatic carbocycles. The lowest BCUT2D eigenvalue weighted by molar-refractivity contribution is -0.116. The minimum absolute atomic E-state index is 0.00769. The predicted octanol–water partition coefficient (Wildman–Crippen LogP) is 2.39. The Labute approximate surface area is 181 Å². The minimum Gasteiger partial charge on any atom is -0.497 e. The Morgan fingerprint density at radius 1 is 1.03 bits per heavy atom. The lowest BCUT2D eigenvalue weighted by Gasteiger charge is -2.14. The summed E-state index contributed by atoms with van der Waals surface area (Å²) in [5.41, 5.74) is 0.246. The molecule has 1 N–H and O–H groups in total. The third-order valence-corrected chi connectivity index (χ3v) is 4.92. The number of carbonyl (C=O) groups excluding carboxylic acids is 1. The van der Waals surface area contributed by atoms with Crippen molar-refractivity contribution in [2.24, 2.45) is 0 Å². The van der Waals surface area contributed by atoms with Gasteiger partial charge >= 0.3 is 5.69 Å². The third-order valence-electron chi connectivity index (χ3n) is 4.92. The standard InChI is InChI=1S/C23H19FN4O4/c1-32-18-10-4-15(5-11-18)13-28-22(30)21-19(3-2-12-25-21)27(23(28)31)14-20(29)26-17-8-6-16(24)7-9-17/h2-12H,13-14H2,1H3,(H,26,29). The first kappa shape index (κ1) is 21.0. The second kappa shape index (κ2) is 8.84. The second-order valence-electron chi connectivity index (χ2n) is 7.03. The van der Waals surface area contributed by atoms with Gasteiger partial charge in [0.15, 0.2) is 5.52 Å². The number of carbonyl (C=O) groups is 1. The molecule has 8 nitrogen and oxygen atoms in total. The molecule has 162 valence electrons. The molecule has 0 fully saturated rings. The number of nitrogens with zero attached hydrogens (tertiary/aromatic N) is 3. The normalized spacial score (nSPS) is 10.8. The van der Waals surface area contributed by atoms with E-state index in [0.29, 0.717) is 17.0 Å². The number of rotatable bonds is 6. The number of aromatic nitrogens is 3. The van der Waals surface area contributed by atoms with Crippen molar-refractivity contribution in [1.29, 1.82) is 0 Å². The van der Waals surface area contributed by atoms with Crippen LogP contribution >= 0.6 is 0 Å². The Morgan fingerprint density at radius 3 is 2.44 bits per heavy atom. The number of hydrogen-bond acceptors (Lipinski definition) is 5. The summed E-state index contributed by atoms with van der Waals surface area (Å²) in [6, 6.07) is 15.4. The summed E-state index contributed by atoms with van der Waals surface area (Å²) < 4.78 is 20.5. The first-order valence-corrected chi connectivity index (χ1v) is 9.73. The molecule has 9 heteroatoms. The van der Waals surface area contributed by atoms with Crippen LogP contribution in [0.15, 0.2) is 76.4 Å². The van der Waals surface area contributed by atoms with Crippen molar-refractivity contribution in [3.05, 3.63) is 99.1 Å². The molecule has 0 saturated carbocycles. The van der Waals surface area contributed by atoms with Crippen molar-refractivity contribution in [2.75, 3.05) is 12.4 Å². The fourth-order valence-electron chi connectivity index (χ4n) is 3.33. The number of fused-ring (bicyclic) bond motifs is 1. The van der Waals surface area contributed by atoms with Gasteiger partial charge in [-0.3, -0.25) is 18.7 Å². The van der Waals surface area contributed by atoms with E-state index in [1.807, 2.05) is 0 Å². The van der Waals surface area contributed by atoms with Gasteiger partial charge < -0.3 is 10.1 Å². The lowest BCUT2D eigenvalue weighted by Crippen LogP contribution is -2.42. The number of benzene rings is 2. The van der Waals surface area contributed by atoms with Crippen LogP contribution < -0.4 is 21.3 Å². The fraction of sp³-hybridized carbons (Fsp3) is 0.130. The quantitative estimate of drug-likeness (QED) is 0.503. The molecule has 4 rings (SSSR count). The van der Waals surface area contributed by atoms with E-state index in [2.05, 4.69) is 10.3 Å². The van der Waals surface area contributed by atoms with Crippen molar-refractivity contribution in [2.45, 2.75) is 13.1 Å². The monoisotopic (exact) mass is 434 g/mol. The molecule has 0 aliphatic carbocycles. The van der Waals surface area contributed by atoms with Gasteiger partial charge in [-0.1, -0.05) is 12.1 Å². The zero-order chi connectivity index (χ0) is 22.7. The summed E-state index contributed by atoms with van der Waals surface area (Å²) in [7, 11) is 1.55. The van der Waals surface area contributed by atoms with E-state index in [1.165, 1.54) is 35.0 Å². The number of nitrogens with one attached hydrogen (secondary N) is 1. The number of hydrogen-bond donors (Lipinski definition) is 1. The highest BCUT2D eigenvalue weighted by Crippen LogP contribution is 2.13. The molecule has 1 amide bonds. The van der Waals surface area contributed by atoms with E-state index in [4.69, 9.17) is 4.74 Å². The average Bonchev–Trinajstić information content (AvgIpc) is 2.81. The van der Waals surface area contributed by atoms with E-state index in [0.717, 1.165) is 4.57 Å². The molecule has 4 aromatic rings. The van der Waals surface area contributed by atoms with Crippen LogP contribution in [-0.4, -0.2) is 27.1 Å². The lowest BCUT2D eigenvalue weighted by atomic mass is 10.2. The SMILES string of the molecule is COc1ccc(Cn2c(=O)c3ncccc3n(CC(=O)Nc3ccc(F)cc3)c2=O)cc1. The number of methoxy groups -OCH3 is 1. The van der Waals surface area contributed by atoms with Gasteiger partial charge in [0, 0.05) is 11.9 Å². The van der Waals surface area contributed by atoms with Crippen molar-refractivity contribution in [3.63, 3.8) is 0 Å². The van der Waals surface area contributed by atoms with Crippen LogP contribution in [0.1, 0.15) is 5.56 Å². The second-order valence-corrected chi connectivity index (χ2v) is 7.03. The van der Waals surface area contributed by atoms with Gasteiger partial charge in [0.05, 0.1) is 19.2 Å². The summed E-state index contributed by atoms with van der Waals surface area (Å²) in [4.78, 5) is 42.9. The van der Waals surface area contributed by atoms with E-state index >= 15 is 0 Å². The van der Waals surface area contributed by atoms with Crippen molar-refractivity contribution >= 4 is 22.6 Å². The molecule has 0 saturated heterocycles. The Balaban J connectivity index is 1.72. The molecular formula is C23H19FN4O4. The van der Waals surface area contributed by atoms with Gasteiger partial charge in [0.2, 0.25) is 5.91 Å². The highest BCUT2D eigenvalue weighted by molar-refractivity contribution is 5.91. The molecule has 0 aliphatic rings. The fourth-order valence-corrected chi connectivity index (χ4v) is 3.33. The van der Waals surface area contributed by atoms with Crippen LogP contribution in [0.3, 0.4) is 0 Å². The summed E-state index contributed by atoms with van der Waals surface area (Å²) in [5.74, 6) is -0.281. The zero-order valence-electron chi connectivity index (χ0n) is 17.1. The van der Waals surface area contributed by atoms with Gasteiger partial charge in [-0.05, 0) is 54.1 Å². The topological polar surface area (TPSA) is 95.2 Å². The van der Waals surface area contributed by atoms with Crippen LogP contribution in [0.2, 0.25) is 0 Å². The van der Waals surface area contributed by atoms with Gasteiger partial charge in [0.25, 0.3) is 5.56 Å². The Bertz CT molecular complexity index is 1390. The molecule has 0 aliphatic heterocycles. The molecule has 2 aromatic heterocycles. The summed E-state index contributed by atoms with van der Waals surface area (Å²) in [6.07, 6.45) is 1.45. The number of amides is 1. The molecule has 0 spiro atoms. The number of halogens is 1. The molecule has 0 bridgehead atoms. The highest BCUT2D eigenvalue weighted by atomic mass is 19.1. The van der Waals surface area contributed by atoms with Crippen LogP contribution in [0.25, 0.3) is 11.0 Å². The van der Waals surface area contributed by atoms with Crippen molar-refractivity contribution in [1.82, 2.24) is 14.1 Å². The predicted molar refractivity (Wildman–Crippen MR) is 117 cm³/mol. The smallest absolute Gasteiger partial charge is 0.332 e. The first-order chi connectivity index (χ1) is 15.5. The minimum atomic E-state index is -0.638. The maximum atomic E-state index is 13.2. The largest absolute Gasteiger partial charge is 0.497 e. The maximum absolute atomic E-state index is 13.2. The van der Waals surface area contributed by atoms with E-state index < -0.39 is 23.0 Å². The number of anilines is 1. The Hall–Kier alpha value is -4.27. The first-order valence-electron chi connectivity index (χ1n) is 9.73. The van der Waals surface area contributed by atoms with E-state index in [-0.39, 0.29) is 24.1 Å². The van der Waals surface area contributed by atoms with E-state index in [1.54, 1.807) is 43.5 Å². The Morgan fingerprint density at radius 2 is 1.75 bits per heavy atom. The summed E-state index contributed by atoms with van der Waals surface area (Å²) in [6.45, 7) is -0.338. The van der Waals surface area contributed by atoms with Crippen LogP contribution in [0.4, 0.5) is 10.1 Å². The molecule has 0 unspecified atom stereocenters. The van der Waals surface area contributed by atoms with Gasteiger partial charge in [-0.25, -0.2) is 14.2 Å². The van der Waals surface area contributed by atoms with Crippen molar-refractivity contribution in [3.8, 4) is 5.75 Å². The number of pyridine rings is 1. The third kappa shape index (κ3) is 4.27. The molecular weight excluding hydrogens is 415 g/mol. The van der Waals surface area contributed by atoms with Gasteiger partial charge in [0.1, 0.15) is 18.1 Å². The molecule has 0 radical (unpaired) electrons. The average molecular weight is 434 g/mol. The van der Waals surface area contributed by atoms with Crippen LogP contribution in [0, 0.1) is 5.82 Å².